The Morgan fingerprint density at radius 1 is 1.24 bits per heavy atom. The quantitative estimate of drug-likeness (QED) is 0.616. The zero-order valence-corrected chi connectivity index (χ0v) is 14.3. The van der Waals surface area contributed by atoms with Crippen LogP contribution in [-0.4, -0.2) is 37.9 Å². The molecule has 1 saturated heterocycles. The number of methoxy groups -OCH3 is 1. The zero-order chi connectivity index (χ0) is 17.9. The molecule has 1 heterocycles. The Bertz CT molecular complexity index is 655. The summed E-state index contributed by atoms with van der Waals surface area (Å²) in [6.07, 6.45) is 3.58. The predicted molar refractivity (Wildman–Crippen MR) is 88.3 cm³/mol. The van der Waals surface area contributed by atoms with E-state index in [1.54, 1.807) is 0 Å². The maximum atomic E-state index is 12.6. The van der Waals surface area contributed by atoms with E-state index in [-0.39, 0.29) is 24.4 Å². The molecule has 1 aromatic carbocycles. The lowest BCUT2D eigenvalue weighted by Crippen LogP contribution is -2.56. The Hall–Kier alpha value is -2.18. The lowest BCUT2D eigenvalue weighted by molar-refractivity contribution is -0.284. The van der Waals surface area contributed by atoms with E-state index in [1.165, 1.54) is 14.0 Å². The Balaban J connectivity index is 1.85. The average molecular weight is 346 g/mol. The fourth-order valence-electron chi connectivity index (χ4n) is 3.37. The molecule has 25 heavy (non-hydrogen) atoms. The number of ether oxygens (including phenoxy) is 4. The Morgan fingerprint density at radius 3 is 2.68 bits per heavy atom. The maximum Gasteiger partial charge on any atom is 0.339 e. The van der Waals surface area contributed by atoms with Crippen LogP contribution in [0.2, 0.25) is 0 Å². The summed E-state index contributed by atoms with van der Waals surface area (Å²) in [6, 6.07) is 9.48. The maximum absolute atomic E-state index is 12.6. The number of rotatable bonds is 4. The van der Waals surface area contributed by atoms with Gasteiger partial charge in [-0.15, -0.1) is 0 Å². The van der Waals surface area contributed by atoms with Crippen molar-refractivity contribution in [3.8, 4) is 0 Å². The van der Waals surface area contributed by atoms with Crippen LogP contribution in [0.25, 0.3) is 0 Å². The molecule has 0 amide bonds. The minimum atomic E-state index is -1.15. The van der Waals surface area contributed by atoms with Crippen LogP contribution in [0.4, 0.5) is 0 Å². The van der Waals surface area contributed by atoms with Crippen LogP contribution in [-0.2, 0) is 28.5 Å². The van der Waals surface area contributed by atoms with E-state index in [4.69, 9.17) is 18.9 Å². The number of benzene rings is 1. The lowest BCUT2D eigenvalue weighted by atomic mass is 9.74. The van der Waals surface area contributed by atoms with Gasteiger partial charge in [-0.2, -0.15) is 0 Å². The van der Waals surface area contributed by atoms with Crippen molar-refractivity contribution in [2.45, 2.75) is 25.2 Å². The third-order valence-corrected chi connectivity index (χ3v) is 4.63. The third kappa shape index (κ3) is 3.60. The molecule has 1 aliphatic heterocycles. The molecule has 4 atom stereocenters. The molecule has 1 aromatic rings. The molecule has 134 valence electrons. The van der Waals surface area contributed by atoms with Gasteiger partial charge in [0.25, 0.3) is 0 Å². The summed E-state index contributed by atoms with van der Waals surface area (Å²) in [5.74, 6) is -1.14. The summed E-state index contributed by atoms with van der Waals surface area (Å²) >= 11 is 0. The van der Waals surface area contributed by atoms with Gasteiger partial charge in [0.05, 0.1) is 20.3 Å². The monoisotopic (exact) mass is 346 g/mol. The van der Waals surface area contributed by atoms with Crippen LogP contribution in [0.15, 0.2) is 42.5 Å². The Kier molecular flexibility index (Phi) is 5.20. The fraction of sp³-hybridized carbons (Fsp3) is 0.474. The van der Waals surface area contributed by atoms with Crippen molar-refractivity contribution in [2.75, 3.05) is 20.3 Å². The van der Waals surface area contributed by atoms with Gasteiger partial charge in [0, 0.05) is 24.3 Å². The highest BCUT2D eigenvalue weighted by Crippen LogP contribution is 2.44. The van der Waals surface area contributed by atoms with E-state index >= 15 is 0 Å². The second-order valence-electron chi connectivity index (χ2n) is 6.33. The molecule has 0 aromatic heterocycles. The van der Waals surface area contributed by atoms with Gasteiger partial charge < -0.3 is 18.9 Å². The number of fused-ring (bicyclic) bond motifs is 1. The van der Waals surface area contributed by atoms with Crippen molar-refractivity contribution >= 4 is 11.9 Å². The summed E-state index contributed by atoms with van der Waals surface area (Å²) in [4.78, 5) is 23.7. The first-order chi connectivity index (χ1) is 12.0. The minimum absolute atomic E-state index is 0.117. The molecule has 1 aliphatic carbocycles. The van der Waals surface area contributed by atoms with Crippen molar-refractivity contribution in [2.24, 2.45) is 11.8 Å². The first-order valence-electron chi connectivity index (χ1n) is 8.29. The summed E-state index contributed by atoms with van der Waals surface area (Å²) < 4.78 is 22.1. The van der Waals surface area contributed by atoms with Gasteiger partial charge in [-0.25, -0.2) is 4.79 Å². The van der Waals surface area contributed by atoms with E-state index in [2.05, 4.69) is 0 Å². The van der Waals surface area contributed by atoms with E-state index in [0.717, 1.165) is 5.56 Å². The SMILES string of the molecule is COC(=O)[C@]12C[C@@H](COC(C)=O)C=C[C@H]1CO[C@@H](c1ccccc1)O2. The van der Waals surface area contributed by atoms with E-state index < -0.39 is 17.9 Å². The Labute approximate surface area is 146 Å². The van der Waals surface area contributed by atoms with E-state index in [0.29, 0.717) is 13.0 Å². The number of hydrogen-bond acceptors (Lipinski definition) is 6. The average Bonchev–Trinajstić information content (AvgIpc) is 2.65. The highest BCUT2D eigenvalue weighted by atomic mass is 16.7. The number of esters is 2. The molecule has 0 N–H and O–H groups in total. The third-order valence-electron chi connectivity index (χ3n) is 4.63. The van der Waals surface area contributed by atoms with Crippen LogP contribution < -0.4 is 0 Å². The lowest BCUT2D eigenvalue weighted by Gasteiger charge is -2.46. The number of hydrogen-bond donors (Lipinski definition) is 0. The van der Waals surface area contributed by atoms with Gasteiger partial charge >= 0.3 is 11.9 Å². The smallest absolute Gasteiger partial charge is 0.339 e. The van der Waals surface area contributed by atoms with Gasteiger partial charge in [-0.1, -0.05) is 42.5 Å². The summed E-state index contributed by atoms with van der Waals surface area (Å²) in [7, 11) is 1.35. The number of carbonyl (C=O) groups is 2. The molecule has 6 nitrogen and oxygen atoms in total. The fourth-order valence-corrected chi connectivity index (χ4v) is 3.37. The first kappa shape index (κ1) is 17.6. The van der Waals surface area contributed by atoms with Crippen molar-refractivity contribution in [3.63, 3.8) is 0 Å². The highest BCUT2D eigenvalue weighted by molar-refractivity contribution is 5.81. The second-order valence-corrected chi connectivity index (χ2v) is 6.33. The van der Waals surface area contributed by atoms with E-state index in [1.807, 2.05) is 42.5 Å². The number of carbonyl (C=O) groups excluding carboxylic acids is 2. The van der Waals surface area contributed by atoms with Crippen LogP contribution in [0.5, 0.6) is 0 Å². The summed E-state index contributed by atoms with van der Waals surface area (Å²) in [5, 5.41) is 0. The molecule has 0 saturated carbocycles. The second kappa shape index (κ2) is 7.37. The molecule has 0 unspecified atom stereocenters. The van der Waals surface area contributed by atoms with Crippen LogP contribution in [0, 0.1) is 11.8 Å². The van der Waals surface area contributed by atoms with E-state index in [9.17, 15) is 9.59 Å². The van der Waals surface area contributed by atoms with Crippen molar-refractivity contribution in [1.29, 1.82) is 0 Å². The molecule has 0 bridgehead atoms. The molecule has 0 radical (unpaired) electrons. The molecular weight excluding hydrogens is 324 g/mol. The minimum Gasteiger partial charge on any atom is -0.467 e. The van der Waals surface area contributed by atoms with Gasteiger partial charge in [0.1, 0.15) is 0 Å². The zero-order valence-electron chi connectivity index (χ0n) is 14.3. The largest absolute Gasteiger partial charge is 0.467 e. The normalized spacial score (nSPS) is 31.0. The molecule has 3 rings (SSSR count). The van der Waals surface area contributed by atoms with Gasteiger partial charge in [-0.05, 0) is 6.42 Å². The molecule has 6 heteroatoms. The summed E-state index contributed by atoms with van der Waals surface area (Å²) in [5.41, 5.74) is -0.303. The van der Waals surface area contributed by atoms with Gasteiger partial charge in [-0.3, -0.25) is 4.79 Å². The van der Waals surface area contributed by atoms with Crippen LogP contribution >= 0.6 is 0 Å². The molecule has 0 spiro atoms. The standard InChI is InChI=1S/C19H22O6/c1-13(20)23-11-14-8-9-16-12-24-17(15-6-4-3-5-7-15)25-19(16,10-14)18(21)22-2/h3-9,14,16-17H,10-12H2,1-2H3/t14-,16-,17+,19-/m0/s1. The molecular formula is C19H22O6. The van der Waals surface area contributed by atoms with Crippen molar-refractivity contribution in [1.82, 2.24) is 0 Å². The topological polar surface area (TPSA) is 71.1 Å². The predicted octanol–water partition coefficient (Wildman–Crippen LogP) is 2.40. The van der Waals surface area contributed by atoms with Gasteiger partial charge in [0.2, 0.25) is 0 Å². The van der Waals surface area contributed by atoms with Gasteiger partial charge in [0.15, 0.2) is 11.9 Å². The molecule has 2 aliphatic rings. The highest BCUT2D eigenvalue weighted by Gasteiger charge is 2.54. The van der Waals surface area contributed by atoms with Crippen LogP contribution in [0.3, 0.4) is 0 Å². The van der Waals surface area contributed by atoms with Crippen molar-refractivity contribution < 1.29 is 28.5 Å². The van der Waals surface area contributed by atoms with Crippen LogP contribution in [0.1, 0.15) is 25.2 Å². The summed E-state index contributed by atoms with van der Waals surface area (Å²) in [6.45, 7) is 1.92. The Morgan fingerprint density at radius 2 is 2.00 bits per heavy atom. The molecule has 1 fully saturated rings. The van der Waals surface area contributed by atoms with Crippen molar-refractivity contribution in [3.05, 3.63) is 48.0 Å². The first-order valence-corrected chi connectivity index (χ1v) is 8.29.